The molecular weight excluding hydrogens is 183 g/mol. The summed E-state index contributed by atoms with van der Waals surface area (Å²) in [6.45, 7) is 1.94. The third-order valence-corrected chi connectivity index (χ3v) is 1.93. The van der Waals surface area contributed by atoms with Gasteiger partial charge in [-0.3, -0.25) is 9.78 Å². The molecule has 76 valence electrons. The van der Waals surface area contributed by atoms with Gasteiger partial charge in [0.25, 0.3) is 0 Å². The number of ketones is 1. The molecule has 0 fully saturated rings. The number of carbonyl (C=O) groups excluding carboxylic acids is 1. The zero-order chi connectivity index (χ0) is 10.6. The van der Waals surface area contributed by atoms with Crippen LogP contribution >= 0.6 is 0 Å². The number of Topliss-reactive ketones (excluding diaryl/α,β-unsaturated/α-hetero) is 1. The minimum Gasteiger partial charge on any atom is -0.321 e. The van der Waals surface area contributed by atoms with Crippen molar-refractivity contribution in [2.75, 3.05) is 0 Å². The summed E-state index contributed by atoms with van der Waals surface area (Å²) < 4.78 is 12.7. The predicted octanol–water partition coefficient (Wildman–Crippen LogP) is 1.53. The first-order valence-corrected chi connectivity index (χ1v) is 4.55. The topological polar surface area (TPSA) is 56.0 Å². The van der Waals surface area contributed by atoms with E-state index in [1.54, 1.807) is 0 Å². The minimum absolute atomic E-state index is 0.242. The number of nitrogens with zero attached hydrogens (tertiary/aromatic N) is 1. The molecule has 0 aliphatic rings. The second-order valence-electron chi connectivity index (χ2n) is 3.15. The summed E-state index contributed by atoms with van der Waals surface area (Å²) in [7, 11) is 0. The van der Waals surface area contributed by atoms with Crippen molar-refractivity contribution >= 4 is 5.78 Å². The van der Waals surface area contributed by atoms with Crippen LogP contribution in [0.1, 0.15) is 30.1 Å². The molecule has 1 aromatic heterocycles. The number of hydrogen-bond acceptors (Lipinski definition) is 3. The van der Waals surface area contributed by atoms with Crippen LogP contribution in [0.2, 0.25) is 0 Å². The number of carbonyl (C=O) groups is 1. The first-order valence-electron chi connectivity index (χ1n) is 4.55. The largest absolute Gasteiger partial charge is 0.321 e. The van der Waals surface area contributed by atoms with E-state index < -0.39 is 11.9 Å². The van der Waals surface area contributed by atoms with E-state index in [0.717, 1.165) is 18.7 Å². The second-order valence-corrected chi connectivity index (χ2v) is 3.15. The fourth-order valence-electron chi connectivity index (χ4n) is 1.20. The molecule has 0 saturated heterocycles. The zero-order valence-electron chi connectivity index (χ0n) is 8.03. The predicted molar refractivity (Wildman–Crippen MR) is 51.4 cm³/mol. The van der Waals surface area contributed by atoms with Gasteiger partial charge in [-0.05, 0) is 12.5 Å². The quantitative estimate of drug-likeness (QED) is 0.743. The molecule has 2 N–H and O–H groups in total. The molecule has 0 aliphatic heterocycles. The van der Waals surface area contributed by atoms with Gasteiger partial charge in [0.2, 0.25) is 0 Å². The van der Waals surface area contributed by atoms with Crippen molar-refractivity contribution in [3.05, 3.63) is 29.8 Å². The van der Waals surface area contributed by atoms with E-state index in [2.05, 4.69) is 4.98 Å². The van der Waals surface area contributed by atoms with E-state index in [1.807, 2.05) is 6.92 Å². The molecule has 0 saturated carbocycles. The molecule has 1 aromatic rings. The maximum absolute atomic E-state index is 12.7. The Bertz CT molecular complexity index is 328. The molecule has 0 radical (unpaired) electrons. The molecule has 0 amide bonds. The van der Waals surface area contributed by atoms with Gasteiger partial charge < -0.3 is 5.73 Å². The molecular formula is C10H13FN2O. The number of halogens is 1. The third kappa shape index (κ3) is 2.60. The molecule has 0 bridgehead atoms. The maximum Gasteiger partial charge on any atom is 0.181 e. The van der Waals surface area contributed by atoms with Crippen LogP contribution in [0, 0.1) is 5.82 Å². The highest BCUT2D eigenvalue weighted by Gasteiger charge is 2.15. The van der Waals surface area contributed by atoms with Crippen LogP contribution in [-0.4, -0.2) is 16.8 Å². The van der Waals surface area contributed by atoms with E-state index in [0.29, 0.717) is 6.42 Å². The first kappa shape index (κ1) is 10.8. The molecule has 4 heteroatoms. The van der Waals surface area contributed by atoms with E-state index in [4.69, 9.17) is 5.73 Å². The van der Waals surface area contributed by atoms with E-state index in [9.17, 15) is 9.18 Å². The number of nitrogens with two attached hydrogens (primary N) is 1. The van der Waals surface area contributed by atoms with Gasteiger partial charge >= 0.3 is 0 Å². The van der Waals surface area contributed by atoms with Gasteiger partial charge in [0, 0.05) is 11.8 Å². The minimum atomic E-state index is -0.552. The Morgan fingerprint density at radius 2 is 2.36 bits per heavy atom. The Kier molecular flexibility index (Phi) is 3.71. The molecule has 1 rings (SSSR count). The van der Waals surface area contributed by atoms with Crippen molar-refractivity contribution in [1.82, 2.24) is 4.98 Å². The molecule has 0 spiro atoms. The molecule has 0 aliphatic carbocycles. The standard InChI is InChI=1S/C10H13FN2O/c1-2-3-9(12)10(14)7-4-8(11)6-13-5-7/h4-6,9H,2-3,12H2,1H3. The summed E-state index contributed by atoms with van der Waals surface area (Å²) in [6.07, 6.45) is 3.83. The highest BCUT2D eigenvalue weighted by atomic mass is 19.1. The van der Waals surface area contributed by atoms with Gasteiger partial charge in [0.05, 0.1) is 12.2 Å². The van der Waals surface area contributed by atoms with E-state index >= 15 is 0 Å². The highest BCUT2D eigenvalue weighted by molar-refractivity contribution is 5.99. The smallest absolute Gasteiger partial charge is 0.181 e. The Hall–Kier alpha value is -1.29. The lowest BCUT2D eigenvalue weighted by molar-refractivity contribution is 0.0956. The average Bonchev–Trinajstić information content (AvgIpc) is 2.17. The van der Waals surface area contributed by atoms with Crippen LogP contribution in [0.4, 0.5) is 4.39 Å². The van der Waals surface area contributed by atoms with E-state index in [1.165, 1.54) is 6.20 Å². The number of pyridine rings is 1. The number of rotatable bonds is 4. The molecule has 0 aromatic carbocycles. The summed E-state index contributed by atoms with van der Waals surface area (Å²) in [4.78, 5) is 15.2. The monoisotopic (exact) mass is 196 g/mol. The summed E-state index contributed by atoms with van der Waals surface area (Å²) in [5, 5.41) is 0. The second kappa shape index (κ2) is 4.81. The Labute approximate surface area is 82.1 Å². The van der Waals surface area contributed by atoms with Gasteiger partial charge in [0.1, 0.15) is 5.82 Å². The van der Waals surface area contributed by atoms with Gasteiger partial charge in [-0.15, -0.1) is 0 Å². The average molecular weight is 196 g/mol. The lowest BCUT2D eigenvalue weighted by atomic mass is 10.0. The van der Waals surface area contributed by atoms with Crippen molar-refractivity contribution in [1.29, 1.82) is 0 Å². The van der Waals surface area contributed by atoms with Crippen LogP contribution < -0.4 is 5.73 Å². The number of aromatic nitrogens is 1. The fraction of sp³-hybridized carbons (Fsp3) is 0.400. The Morgan fingerprint density at radius 1 is 1.64 bits per heavy atom. The molecule has 1 atom stereocenters. The Balaban J connectivity index is 2.78. The lowest BCUT2D eigenvalue weighted by Crippen LogP contribution is -2.30. The molecule has 1 heterocycles. The SMILES string of the molecule is CCCC(N)C(=O)c1cncc(F)c1. The van der Waals surface area contributed by atoms with Crippen molar-refractivity contribution in [2.45, 2.75) is 25.8 Å². The zero-order valence-corrected chi connectivity index (χ0v) is 8.03. The molecule has 14 heavy (non-hydrogen) atoms. The van der Waals surface area contributed by atoms with Crippen LogP contribution in [-0.2, 0) is 0 Å². The Morgan fingerprint density at radius 3 is 2.93 bits per heavy atom. The first-order chi connectivity index (χ1) is 6.65. The van der Waals surface area contributed by atoms with Crippen LogP contribution in [0.15, 0.2) is 18.5 Å². The summed E-state index contributed by atoms with van der Waals surface area (Å²) in [5.41, 5.74) is 5.85. The van der Waals surface area contributed by atoms with Gasteiger partial charge in [-0.25, -0.2) is 4.39 Å². The van der Waals surface area contributed by atoms with E-state index in [-0.39, 0.29) is 11.3 Å². The number of hydrogen-bond donors (Lipinski definition) is 1. The third-order valence-electron chi connectivity index (χ3n) is 1.93. The van der Waals surface area contributed by atoms with Crippen LogP contribution in [0.5, 0.6) is 0 Å². The highest BCUT2D eigenvalue weighted by Crippen LogP contribution is 2.06. The summed E-state index contributed by atoms with van der Waals surface area (Å²) >= 11 is 0. The molecule has 1 unspecified atom stereocenters. The lowest BCUT2D eigenvalue weighted by Gasteiger charge is -2.08. The van der Waals surface area contributed by atoms with Crippen molar-refractivity contribution in [3.8, 4) is 0 Å². The van der Waals surface area contributed by atoms with Crippen LogP contribution in [0.25, 0.3) is 0 Å². The van der Waals surface area contributed by atoms with Gasteiger partial charge in [-0.1, -0.05) is 13.3 Å². The van der Waals surface area contributed by atoms with Crippen molar-refractivity contribution < 1.29 is 9.18 Å². The van der Waals surface area contributed by atoms with Crippen LogP contribution in [0.3, 0.4) is 0 Å². The van der Waals surface area contributed by atoms with Gasteiger partial charge in [0.15, 0.2) is 5.78 Å². The normalized spacial score (nSPS) is 12.5. The maximum atomic E-state index is 12.7. The molecule has 3 nitrogen and oxygen atoms in total. The van der Waals surface area contributed by atoms with Gasteiger partial charge in [-0.2, -0.15) is 0 Å². The van der Waals surface area contributed by atoms with Crippen molar-refractivity contribution in [3.63, 3.8) is 0 Å². The van der Waals surface area contributed by atoms with Crippen molar-refractivity contribution in [2.24, 2.45) is 5.73 Å². The fourth-order valence-corrected chi connectivity index (χ4v) is 1.20. The summed E-state index contributed by atoms with van der Waals surface area (Å²) in [5.74, 6) is -0.765. The summed E-state index contributed by atoms with van der Waals surface area (Å²) in [6, 6.07) is 0.605.